The summed E-state index contributed by atoms with van der Waals surface area (Å²) in [4.78, 5) is 9.41. The number of thiazole rings is 1. The normalized spacial score (nSPS) is 17.9. The first kappa shape index (κ1) is 13.8. The Kier molecular flexibility index (Phi) is 4.19. The van der Waals surface area contributed by atoms with Gasteiger partial charge in [-0.05, 0) is 30.7 Å². The number of aromatic nitrogens is 1. The van der Waals surface area contributed by atoms with Crippen molar-refractivity contribution in [3.05, 3.63) is 23.8 Å². The van der Waals surface area contributed by atoms with Gasteiger partial charge in [-0.2, -0.15) is 0 Å². The molecule has 4 nitrogen and oxygen atoms in total. The zero-order valence-corrected chi connectivity index (χ0v) is 12.8. The van der Waals surface area contributed by atoms with Gasteiger partial charge in [-0.25, -0.2) is 4.98 Å². The maximum Gasteiger partial charge on any atom is 0.181 e. The van der Waals surface area contributed by atoms with Gasteiger partial charge in [0.1, 0.15) is 0 Å². The van der Waals surface area contributed by atoms with Crippen LogP contribution in [0.25, 0.3) is 10.2 Å². The van der Waals surface area contributed by atoms with Gasteiger partial charge in [0.15, 0.2) is 5.13 Å². The van der Waals surface area contributed by atoms with Crippen molar-refractivity contribution in [2.24, 2.45) is 0 Å². The molecule has 0 aliphatic carbocycles. The Balaban J connectivity index is 1.62. The molecule has 1 saturated heterocycles. The van der Waals surface area contributed by atoms with Crippen LogP contribution in [-0.4, -0.2) is 47.5 Å². The highest BCUT2D eigenvalue weighted by atomic mass is 32.1. The number of fused-ring (bicyclic) bond motifs is 1. The van der Waals surface area contributed by atoms with E-state index in [1.54, 1.807) is 11.3 Å². The predicted octanol–water partition coefficient (Wildman–Crippen LogP) is 2.41. The summed E-state index contributed by atoms with van der Waals surface area (Å²) in [6, 6.07) is 6.51. The van der Waals surface area contributed by atoms with Crippen LogP contribution in [0, 0.1) is 0 Å². The Hall–Kier alpha value is -1.17. The van der Waals surface area contributed by atoms with Crippen LogP contribution in [-0.2, 0) is 6.54 Å². The lowest BCUT2D eigenvalue weighted by Crippen LogP contribution is -2.45. The molecule has 0 bridgehead atoms. The van der Waals surface area contributed by atoms with Crippen LogP contribution in [0.5, 0.6) is 0 Å². The number of nitrogens with zero attached hydrogens (tertiary/aromatic N) is 3. The number of hydrogen-bond donors (Lipinski definition) is 1. The Morgan fingerprint density at radius 2 is 1.95 bits per heavy atom. The summed E-state index contributed by atoms with van der Waals surface area (Å²) in [5.41, 5.74) is 8.14. The average molecular weight is 290 g/mol. The molecule has 0 saturated carbocycles. The maximum absolute atomic E-state index is 5.76. The fourth-order valence-electron chi connectivity index (χ4n) is 2.83. The van der Waals surface area contributed by atoms with Crippen LogP contribution in [0.2, 0.25) is 0 Å². The second-order valence-electron chi connectivity index (χ2n) is 5.47. The van der Waals surface area contributed by atoms with Gasteiger partial charge < -0.3 is 10.6 Å². The van der Waals surface area contributed by atoms with Crippen LogP contribution in [0.4, 0.5) is 5.13 Å². The van der Waals surface area contributed by atoms with Crippen molar-refractivity contribution in [3.8, 4) is 0 Å². The number of anilines is 1. The molecule has 1 aromatic carbocycles. The number of rotatable bonds is 4. The summed E-state index contributed by atoms with van der Waals surface area (Å²) in [6.45, 7) is 9.26. The zero-order chi connectivity index (χ0) is 13.9. The monoisotopic (exact) mass is 290 g/mol. The molecule has 1 aliphatic rings. The van der Waals surface area contributed by atoms with Gasteiger partial charge in [0, 0.05) is 32.7 Å². The number of piperazine rings is 1. The lowest BCUT2D eigenvalue weighted by Gasteiger charge is -2.34. The van der Waals surface area contributed by atoms with Crippen LogP contribution >= 0.6 is 11.3 Å². The van der Waals surface area contributed by atoms with E-state index < -0.39 is 0 Å². The van der Waals surface area contributed by atoms with Gasteiger partial charge in [0.25, 0.3) is 0 Å². The first-order valence-corrected chi connectivity index (χ1v) is 8.16. The third kappa shape index (κ3) is 3.11. The quantitative estimate of drug-likeness (QED) is 0.939. The minimum atomic E-state index is 0.658. The second kappa shape index (κ2) is 6.08. The average Bonchev–Trinajstić information content (AvgIpc) is 2.81. The molecule has 0 amide bonds. The van der Waals surface area contributed by atoms with Crippen molar-refractivity contribution in [1.82, 2.24) is 14.8 Å². The molecule has 20 heavy (non-hydrogen) atoms. The summed E-state index contributed by atoms with van der Waals surface area (Å²) >= 11 is 1.58. The molecule has 3 rings (SSSR count). The molecule has 2 N–H and O–H groups in total. The van der Waals surface area contributed by atoms with E-state index in [1.165, 1.54) is 49.4 Å². The van der Waals surface area contributed by atoms with Crippen LogP contribution < -0.4 is 5.73 Å². The molecular weight excluding hydrogens is 268 g/mol. The summed E-state index contributed by atoms with van der Waals surface area (Å²) in [7, 11) is 0. The molecule has 5 heteroatoms. The van der Waals surface area contributed by atoms with Gasteiger partial charge >= 0.3 is 0 Å². The van der Waals surface area contributed by atoms with Crippen molar-refractivity contribution in [2.45, 2.75) is 19.9 Å². The van der Waals surface area contributed by atoms with E-state index in [1.807, 2.05) is 0 Å². The van der Waals surface area contributed by atoms with Crippen LogP contribution in [0.1, 0.15) is 18.9 Å². The highest BCUT2D eigenvalue weighted by Crippen LogP contribution is 2.25. The van der Waals surface area contributed by atoms with E-state index >= 15 is 0 Å². The van der Waals surface area contributed by atoms with Gasteiger partial charge in [-0.15, -0.1) is 0 Å². The number of nitrogens with two attached hydrogens (primary N) is 1. The molecule has 108 valence electrons. The summed E-state index contributed by atoms with van der Waals surface area (Å²) in [6.07, 6.45) is 1.25. The predicted molar refractivity (Wildman–Crippen MR) is 86.0 cm³/mol. The second-order valence-corrected chi connectivity index (χ2v) is 6.53. The molecule has 2 heterocycles. The van der Waals surface area contributed by atoms with Crippen LogP contribution in [0.15, 0.2) is 18.2 Å². The molecule has 0 atom stereocenters. The number of benzene rings is 1. The molecular formula is C15H22N4S. The molecule has 0 radical (unpaired) electrons. The Morgan fingerprint density at radius 1 is 1.20 bits per heavy atom. The van der Waals surface area contributed by atoms with Crippen molar-refractivity contribution in [3.63, 3.8) is 0 Å². The van der Waals surface area contributed by atoms with Gasteiger partial charge in [0.2, 0.25) is 0 Å². The van der Waals surface area contributed by atoms with Gasteiger partial charge in [0.05, 0.1) is 10.2 Å². The van der Waals surface area contributed by atoms with E-state index in [0.717, 1.165) is 12.1 Å². The van der Waals surface area contributed by atoms with E-state index in [9.17, 15) is 0 Å². The molecule has 2 aromatic rings. The lowest BCUT2D eigenvalue weighted by atomic mass is 10.2. The van der Waals surface area contributed by atoms with Crippen molar-refractivity contribution in [2.75, 3.05) is 38.5 Å². The molecule has 0 spiro atoms. The van der Waals surface area contributed by atoms with Crippen molar-refractivity contribution in [1.29, 1.82) is 0 Å². The van der Waals surface area contributed by atoms with E-state index in [4.69, 9.17) is 5.73 Å². The standard InChI is InChI=1S/C15H22N4S/c1-2-5-18-6-8-19(9-7-18)11-12-3-4-13-14(10-12)20-15(16)17-13/h3-4,10H,2,5-9,11H2,1H3,(H2,16,17). The molecule has 1 aliphatic heterocycles. The number of nitrogen functional groups attached to an aromatic ring is 1. The minimum Gasteiger partial charge on any atom is -0.375 e. The lowest BCUT2D eigenvalue weighted by molar-refractivity contribution is 0.127. The SMILES string of the molecule is CCCN1CCN(Cc2ccc3nc(N)sc3c2)CC1. The summed E-state index contributed by atoms with van der Waals surface area (Å²) in [5, 5.41) is 0.658. The fourth-order valence-corrected chi connectivity index (χ4v) is 3.63. The van der Waals surface area contributed by atoms with Gasteiger partial charge in [-0.1, -0.05) is 24.3 Å². The van der Waals surface area contributed by atoms with E-state index in [2.05, 4.69) is 39.9 Å². The van der Waals surface area contributed by atoms with E-state index in [0.29, 0.717) is 5.13 Å². The smallest absolute Gasteiger partial charge is 0.181 e. The summed E-state index contributed by atoms with van der Waals surface area (Å²) in [5.74, 6) is 0. The Morgan fingerprint density at radius 3 is 2.70 bits per heavy atom. The van der Waals surface area contributed by atoms with Crippen LogP contribution in [0.3, 0.4) is 0 Å². The topological polar surface area (TPSA) is 45.4 Å². The first-order valence-electron chi connectivity index (χ1n) is 7.34. The number of hydrogen-bond acceptors (Lipinski definition) is 5. The third-order valence-electron chi connectivity index (χ3n) is 3.88. The first-order chi connectivity index (χ1) is 9.74. The summed E-state index contributed by atoms with van der Waals surface area (Å²) < 4.78 is 1.20. The Bertz CT molecular complexity index is 572. The highest BCUT2D eigenvalue weighted by Gasteiger charge is 2.16. The van der Waals surface area contributed by atoms with Crippen molar-refractivity contribution >= 4 is 26.7 Å². The Labute approximate surface area is 124 Å². The molecule has 1 fully saturated rings. The molecule has 1 aromatic heterocycles. The van der Waals surface area contributed by atoms with E-state index in [-0.39, 0.29) is 0 Å². The fraction of sp³-hybridized carbons (Fsp3) is 0.533. The minimum absolute atomic E-state index is 0.658. The third-order valence-corrected chi connectivity index (χ3v) is 4.73. The van der Waals surface area contributed by atoms with Crippen molar-refractivity contribution < 1.29 is 0 Å². The largest absolute Gasteiger partial charge is 0.375 e. The molecule has 0 unspecified atom stereocenters. The highest BCUT2D eigenvalue weighted by molar-refractivity contribution is 7.22. The zero-order valence-electron chi connectivity index (χ0n) is 12.0. The maximum atomic E-state index is 5.76. The van der Waals surface area contributed by atoms with Gasteiger partial charge in [-0.3, -0.25) is 4.90 Å².